The Morgan fingerprint density at radius 2 is 2.29 bits per heavy atom. The lowest BCUT2D eigenvalue weighted by Crippen LogP contribution is -2.51. The Hall–Kier alpha value is -1.18. The Kier molecular flexibility index (Phi) is 8.26. The number of amides is 1. The first-order valence-corrected chi connectivity index (χ1v) is 7.54. The normalized spacial score (nSPS) is 20.8. The first-order chi connectivity index (χ1) is 10.0. The SMILES string of the molecule is CCOC(=O)CCCNC(=O)CN1CCOC(C(C)N)C1. The first-order valence-electron chi connectivity index (χ1n) is 7.54. The van der Waals surface area contributed by atoms with Crippen LogP contribution in [0.3, 0.4) is 0 Å². The minimum Gasteiger partial charge on any atom is -0.466 e. The number of hydrogen-bond acceptors (Lipinski definition) is 6. The van der Waals surface area contributed by atoms with Crippen molar-refractivity contribution in [2.24, 2.45) is 5.73 Å². The van der Waals surface area contributed by atoms with Crippen molar-refractivity contribution in [1.29, 1.82) is 0 Å². The lowest BCUT2D eigenvalue weighted by Gasteiger charge is -2.34. The molecule has 1 fully saturated rings. The van der Waals surface area contributed by atoms with Crippen molar-refractivity contribution in [3.05, 3.63) is 0 Å². The van der Waals surface area contributed by atoms with Crippen molar-refractivity contribution in [1.82, 2.24) is 10.2 Å². The Morgan fingerprint density at radius 3 is 2.95 bits per heavy atom. The molecule has 0 saturated carbocycles. The third-order valence-electron chi connectivity index (χ3n) is 3.32. The van der Waals surface area contributed by atoms with E-state index in [0.29, 0.717) is 45.7 Å². The fourth-order valence-electron chi connectivity index (χ4n) is 2.15. The zero-order valence-electron chi connectivity index (χ0n) is 13.0. The summed E-state index contributed by atoms with van der Waals surface area (Å²) in [6.45, 7) is 6.91. The maximum Gasteiger partial charge on any atom is 0.305 e. The number of nitrogens with two attached hydrogens (primary N) is 1. The van der Waals surface area contributed by atoms with Gasteiger partial charge in [-0.2, -0.15) is 0 Å². The summed E-state index contributed by atoms with van der Waals surface area (Å²) in [7, 11) is 0. The number of rotatable bonds is 8. The third-order valence-corrected chi connectivity index (χ3v) is 3.32. The van der Waals surface area contributed by atoms with Crippen molar-refractivity contribution < 1.29 is 19.1 Å². The zero-order valence-corrected chi connectivity index (χ0v) is 13.0. The van der Waals surface area contributed by atoms with Gasteiger partial charge < -0.3 is 20.5 Å². The van der Waals surface area contributed by atoms with Crippen molar-refractivity contribution in [3.8, 4) is 0 Å². The van der Waals surface area contributed by atoms with Gasteiger partial charge in [0.2, 0.25) is 5.91 Å². The molecule has 0 aromatic carbocycles. The van der Waals surface area contributed by atoms with E-state index < -0.39 is 0 Å². The summed E-state index contributed by atoms with van der Waals surface area (Å²) in [4.78, 5) is 25.0. The van der Waals surface area contributed by atoms with E-state index in [2.05, 4.69) is 5.32 Å². The molecule has 0 aliphatic carbocycles. The van der Waals surface area contributed by atoms with E-state index in [1.165, 1.54) is 0 Å². The number of morpholine rings is 1. The number of nitrogens with one attached hydrogen (secondary N) is 1. The molecule has 21 heavy (non-hydrogen) atoms. The number of carbonyl (C=O) groups is 2. The molecule has 2 unspecified atom stereocenters. The van der Waals surface area contributed by atoms with Crippen LogP contribution in [0.25, 0.3) is 0 Å². The minimum absolute atomic E-state index is 0.0182. The summed E-state index contributed by atoms with van der Waals surface area (Å²) in [6.07, 6.45) is 0.907. The highest BCUT2D eigenvalue weighted by molar-refractivity contribution is 5.78. The molecule has 0 aromatic rings. The molecule has 7 heteroatoms. The summed E-state index contributed by atoms with van der Waals surface area (Å²) in [6, 6.07) is -0.0413. The van der Waals surface area contributed by atoms with Crippen LogP contribution in [-0.2, 0) is 19.1 Å². The summed E-state index contributed by atoms with van der Waals surface area (Å²) in [5.41, 5.74) is 5.82. The van der Waals surface area contributed by atoms with Crippen LogP contribution in [0, 0.1) is 0 Å². The van der Waals surface area contributed by atoms with E-state index in [4.69, 9.17) is 15.2 Å². The van der Waals surface area contributed by atoms with Gasteiger partial charge >= 0.3 is 5.97 Å². The molecule has 3 N–H and O–H groups in total. The van der Waals surface area contributed by atoms with E-state index in [9.17, 15) is 9.59 Å². The van der Waals surface area contributed by atoms with Gasteiger partial charge in [0.15, 0.2) is 0 Å². The standard InChI is InChI=1S/C14H27N3O4/c1-3-20-14(19)5-4-6-16-13(18)10-17-7-8-21-12(9-17)11(2)15/h11-12H,3-10,15H2,1-2H3,(H,16,18). The van der Waals surface area contributed by atoms with Gasteiger partial charge in [-0.15, -0.1) is 0 Å². The number of carbonyl (C=O) groups excluding carboxylic acids is 2. The fourth-order valence-corrected chi connectivity index (χ4v) is 2.15. The molecule has 2 atom stereocenters. The molecule has 1 saturated heterocycles. The van der Waals surface area contributed by atoms with Crippen LogP contribution in [-0.4, -0.2) is 68.3 Å². The summed E-state index contributed by atoms with van der Waals surface area (Å²) >= 11 is 0. The van der Waals surface area contributed by atoms with Crippen LogP contribution >= 0.6 is 0 Å². The quantitative estimate of drug-likeness (QED) is 0.463. The molecule has 1 aliphatic rings. The van der Waals surface area contributed by atoms with E-state index in [1.807, 2.05) is 11.8 Å². The predicted octanol–water partition coefficient (Wildman–Crippen LogP) is -0.506. The highest BCUT2D eigenvalue weighted by atomic mass is 16.5. The van der Waals surface area contributed by atoms with Crippen LogP contribution in [0.4, 0.5) is 0 Å². The average Bonchev–Trinajstić information content (AvgIpc) is 2.44. The maximum atomic E-state index is 11.8. The Morgan fingerprint density at radius 1 is 1.52 bits per heavy atom. The van der Waals surface area contributed by atoms with Gasteiger partial charge in [-0.3, -0.25) is 14.5 Å². The smallest absolute Gasteiger partial charge is 0.305 e. The highest BCUT2D eigenvalue weighted by Gasteiger charge is 2.24. The van der Waals surface area contributed by atoms with Gasteiger partial charge in [-0.25, -0.2) is 0 Å². The second-order valence-electron chi connectivity index (χ2n) is 5.26. The molecule has 0 bridgehead atoms. The van der Waals surface area contributed by atoms with Gasteiger partial charge in [0.25, 0.3) is 0 Å². The van der Waals surface area contributed by atoms with Crippen molar-refractivity contribution in [2.45, 2.75) is 38.8 Å². The summed E-state index contributed by atoms with van der Waals surface area (Å²) in [5.74, 6) is -0.260. The fraction of sp³-hybridized carbons (Fsp3) is 0.857. The molecular formula is C14H27N3O4. The van der Waals surface area contributed by atoms with Crippen LogP contribution < -0.4 is 11.1 Å². The van der Waals surface area contributed by atoms with Gasteiger partial charge in [0.05, 0.1) is 25.9 Å². The third kappa shape index (κ3) is 7.40. The molecule has 0 aromatic heterocycles. The van der Waals surface area contributed by atoms with Gasteiger partial charge in [0, 0.05) is 32.1 Å². The second kappa shape index (κ2) is 9.70. The Bertz CT molecular complexity index is 336. The summed E-state index contributed by atoms with van der Waals surface area (Å²) in [5, 5.41) is 2.81. The van der Waals surface area contributed by atoms with E-state index in [-0.39, 0.29) is 24.0 Å². The molecule has 0 radical (unpaired) electrons. The maximum absolute atomic E-state index is 11.8. The van der Waals surface area contributed by atoms with Crippen molar-refractivity contribution >= 4 is 11.9 Å². The Balaban J connectivity index is 2.14. The molecule has 122 valence electrons. The van der Waals surface area contributed by atoms with Crippen LogP contribution in [0.15, 0.2) is 0 Å². The molecule has 1 heterocycles. The number of ether oxygens (including phenoxy) is 2. The molecule has 1 aliphatic heterocycles. The van der Waals surface area contributed by atoms with E-state index in [0.717, 1.165) is 6.54 Å². The predicted molar refractivity (Wildman–Crippen MR) is 78.7 cm³/mol. The topological polar surface area (TPSA) is 93.9 Å². The van der Waals surface area contributed by atoms with Gasteiger partial charge in [-0.05, 0) is 20.3 Å². The van der Waals surface area contributed by atoms with Crippen molar-refractivity contribution in [2.75, 3.05) is 39.4 Å². The van der Waals surface area contributed by atoms with E-state index in [1.54, 1.807) is 6.92 Å². The van der Waals surface area contributed by atoms with Gasteiger partial charge in [0.1, 0.15) is 0 Å². The molecule has 7 nitrogen and oxygen atoms in total. The molecule has 1 amide bonds. The second-order valence-corrected chi connectivity index (χ2v) is 5.26. The van der Waals surface area contributed by atoms with Crippen molar-refractivity contribution in [3.63, 3.8) is 0 Å². The lowest BCUT2D eigenvalue weighted by atomic mass is 10.1. The molecule has 1 rings (SSSR count). The molecule has 0 spiro atoms. The first kappa shape index (κ1) is 17.9. The van der Waals surface area contributed by atoms with Crippen LogP contribution in [0.2, 0.25) is 0 Å². The highest BCUT2D eigenvalue weighted by Crippen LogP contribution is 2.07. The number of nitrogens with zero attached hydrogens (tertiary/aromatic N) is 1. The monoisotopic (exact) mass is 301 g/mol. The minimum atomic E-state index is -0.222. The average molecular weight is 301 g/mol. The van der Waals surface area contributed by atoms with Gasteiger partial charge in [-0.1, -0.05) is 0 Å². The molecular weight excluding hydrogens is 274 g/mol. The number of esters is 1. The lowest BCUT2D eigenvalue weighted by molar-refractivity contribution is -0.143. The Labute approximate surface area is 126 Å². The zero-order chi connectivity index (χ0) is 15.7. The summed E-state index contributed by atoms with van der Waals surface area (Å²) < 4.78 is 10.4. The van der Waals surface area contributed by atoms with Crippen LogP contribution in [0.5, 0.6) is 0 Å². The van der Waals surface area contributed by atoms with E-state index >= 15 is 0 Å². The van der Waals surface area contributed by atoms with Crippen LogP contribution in [0.1, 0.15) is 26.7 Å². The largest absolute Gasteiger partial charge is 0.466 e. The number of hydrogen-bond donors (Lipinski definition) is 2.